The lowest BCUT2D eigenvalue weighted by atomic mass is 10.0. The van der Waals surface area contributed by atoms with Crippen LogP contribution in [0.4, 0.5) is 19.0 Å². The van der Waals surface area contributed by atoms with Crippen LogP contribution < -0.4 is 5.32 Å². The van der Waals surface area contributed by atoms with Crippen molar-refractivity contribution in [3.8, 4) is 17.0 Å². The van der Waals surface area contributed by atoms with Crippen molar-refractivity contribution in [2.75, 3.05) is 25.0 Å². The highest BCUT2D eigenvalue weighted by Gasteiger charge is 2.31. The Hall–Kier alpha value is -2.98. The predicted octanol–water partition coefficient (Wildman–Crippen LogP) is 3.67. The molecule has 1 aromatic carbocycles. The minimum absolute atomic E-state index is 0.0607. The number of nitrogens with one attached hydrogen (secondary N) is 1. The lowest BCUT2D eigenvalue weighted by Gasteiger charge is -2.36. The quantitative estimate of drug-likeness (QED) is 0.549. The number of phenolic OH excluding ortho intramolecular Hbond substituents is 1. The molecule has 1 aliphatic rings. The molecule has 1 fully saturated rings. The van der Waals surface area contributed by atoms with Crippen LogP contribution in [-0.2, 0) is 6.18 Å². The molecule has 0 spiro atoms. The van der Waals surface area contributed by atoms with Crippen LogP contribution in [0.3, 0.4) is 0 Å². The van der Waals surface area contributed by atoms with Gasteiger partial charge in [-0.05, 0) is 56.6 Å². The molecule has 3 aromatic rings. The fourth-order valence-corrected chi connectivity index (χ4v) is 4.02. The molecule has 2 atom stereocenters. The van der Waals surface area contributed by atoms with Gasteiger partial charge in [-0.2, -0.15) is 13.2 Å². The number of hydrogen-bond acceptors (Lipinski definition) is 7. The first-order chi connectivity index (χ1) is 15.3. The fourth-order valence-electron chi connectivity index (χ4n) is 4.02. The van der Waals surface area contributed by atoms with Crippen LogP contribution in [0.2, 0.25) is 0 Å². The number of pyridine rings is 1. The highest BCUT2D eigenvalue weighted by Crippen LogP contribution is 2.38. The van der Waals surface area contributed by atoms with Gasteiger partial charge in [-0.1, -0.05) is 0 Å². The van der Waals surface area contributed by atoms with Gasteiger partial charge >= 0.3 is 6.18 Å². The Morgan fingerprint density at radius 3 is 2.78 bits per heavy atom. The van der Waals surface area contributed by atoms with Gasteiger partial charge < -0.3 is 15.5 Å². The third-order valence-corrected chi connectivity index (χ3v) is 5.80. The average Bonchev–Trinajstić information content (AvgIpc) is 2.78. The van der Waals surface area contributed by atoms with Crippen molar-refractivity contribution in [2.24, 2.45) is 0 Å². The molecule has 1 aliphatic heterocycles. The minimum Gasteiger partial charge on any atom is -0.507 e. The molecule has 3 heterocycles. The number of anilines is 1. The van der Waals surface area contributed by atoms with Gasteiger partial charge in [0.2, 0.25) is 0 Å². The van der Waals surface area contributed by atoms with Crippen LogP contribution in [-0.4, -0.2) is 62.1 Å². The Kier molecular flexibility index (Phi) is 6.16. The zero-order valence-corrected chi connectivity index (χ0v) is 17.5. The number of alkyl halides is 3. The van der Waals surface area contributed by atoms with E-state index in [9.17, 15) is 23.4 Å². The van der Waals surface area contributed by atoms with Crippen LogP contribution >= 0.6 is 0 Å². The van der Waals surface area contributed by atoms with E-state index in [0.717, 1.165) is 32.0 Å². The van der Waals surface area contributed by atoms with Crippen molar-refractivity contribution >= 4 is 16.7 Å². The van der Waals surface area contributed by atoms with Gasteiger partial charge in [0.05, 0.1) is 12.2 Å². The first kappa shape index (κ1) is 22.2. The third kappa shape index (κ3) is 4.46. The molecular formula is C22H24F3N5O2. The Balaban J connectivity index is 1.67. The first-order valence-corrected chi connectivity index (χ1v) is 10.4. The number of hydrogen-bond donors (Lipinski definition) is 3. The highest BCUT2D eigenvalue weighted by atomic mass is 19.4. The average molecular weight is 447 g/mol. The topological polar surface area (TPSA) is 94.4 Å². The second-order valence-corrected chi connectivity index (χ2v) is 8.04. The van der Waals surface area contributed by atoms with Crippen molar-refractivity contribution in [3.63, 3.8) is 0 Å². The van der Waals surface area contributed by atoms with Crippen molar-refractivity contribution < 1.29 is 23.4 Å². The fraction of sp³-hybridized carbons (Fsp3) is 0.409. The number of phenols is 1. The summed E-state index contributed by atoms with van der Waals surface area (Å²) in [5.41, 5.74) is -0.0183. The predicted molar refractivity (Wildman–Crippen MR) is 114 cm³/mol. The van der Waals surface area contributed by atoms with Gasteiger partial charge in [-0.15, -0.1) is 10.2 Å². The monoisotopic (exact) mass is 447 g/mol. The maximum absolute atomic E-state index is 13.0. The summed E-state index contributed by atoms with van der Waals surface area (Å²) in [7, 11) is 0. The lowest BCUT2D eigenvalue weighted by Crippen LogP contribution is -2.47. The molecule has 32 heavy (non-hydrogen) atoms. The van der Waals surface area contributed by atoms with E-state index in [2.05, 4.69) is 25.4 Å². The number of fused-ring (bicyclic) bond motifs is 1. The number of aliphatic hydroxyl groups is 1. The zero-order valence-electron chi connectivity index (χ0n) is 17.5. The summed E-state index contributed by atoms with van der Waals surface area (Å²) in [6.07, 6.45) is -1.06. The Labute approximate surface area is 182 Å². The van der Waals surface area contributed by atoms with Crippen LogP contribution in [0, 0.1) is 0 Å². The van der Waals surface area contributed by atoms with Crippen molar-refractivity contribution in [3.05, 3.63) is 42.1 Å². The molecule has 2 aromatic heterocycles. The third-order valence-electron chi connectivity index (χ3n) is 5.80. The molecule has 10 heteroatoms. The molecular weight excluding hydrogens is 423 g/mol. The second kappa shape index (κ2) is 8.87. The summed E-state index contributed by atoms with van der Waals surface area (Å²) in [6, 6.07) is 6.37. The van der Waals surface area contributed by atoms with Crippen LogP contribution in [0.5, 0.6) is 5.75 Å². The number of nitrogens with zero attached hydrogens (tertiary/aromatic N) is 4. The molecule has 0 radical (unpaired) electrons. The number of aliphatic hydroxyl groups excluding tert-OH is 1. The number of halogens is 3. The number of aromatic hydroxyl groups is 1. The Bertz CT molecular complexity index is 1110. The van der Waals surface area contributed by atoms with Gasteiger partial charge in [0.1, 0.15) is 17.0 Å². The molecule has 1 unspecified atom stereocenters. The van der Waals surface area contributed by atoms with E-state index in [1.807, 2.05) is 6.92 Å². The smallest absolute Gasteiger partial charge is 0.416 e. The van der Waals surface area contributed by atoms with E-state index >= 15 is 0 Å². The summed E-state index contributed by atoms with van der Waals surface area (Å²) in [6.45, 7) is 3.71. The number of benzene rings is 1. The molecule has 7 nitrogen and oxygen atoms in total. The van der Waals surface area contributed by atoms with E-state index in [1.54, 1.807) is 18.3 Å². The minimum atomic E-state index is -4.56. The zero-order chi connectivity index (χ0) is 22.9. The maximum atomic E-state index is 13.0. The van der Waals surface area contributed by atoms with E-state index in [4.69, 9.17) is 0 Å². The van der Waals surface area contributed by atoms with E-state index in [0.29, 0.717) is 22.8 Å². The summed E-state index contributed by atoms with van der Waals surface area (Å²) < 4.78 is 38.9. The summed E-state index contributed by atoms with van der Waals surface area (Å²) >= 11 is 0. The molecule has 1 saturated heterocycles. The van der Waals surface area contributed by atoms with Gasteiger partial charge in [-0.25, -0.2) is 0 Å². The number of piperidine rings is 1. The Morgan fingerprint density at radius 1 is 1.25 bits per heavy atom. The normalized spacial score (nSPS) is 18.6. The van der Waals surface area contributed by atoms with E-state index in [1.165, 1.54) is 6.07 Å². The largest absolute Gasteiger partial charge is 0.507 e. The van der Waals surface area contributed by atoms with E-state index in [-0.39, 0.29) is 29.9 Å². The van der Waals surface area contributed by atoms with Crippen LogP contribution in [0.15, 0.2) is 36.5 Å². The number of aromatic nitrogens is 3. The van der Waals surface area contributed by atoms with Crippen LogP contribution in [0.25, 0.3) is 22.2 Å². The van der Waals surface area contributed by atoms with Crippen LogP contribution in [0.1, 0.15) is 25.3 Å². The standard InChI is InChI=1S/C22H24F3N5O2/c1-13(12-31)30-9-3-4-15(11-30)27-21-20-17(5-2-8-26-20)19(28-29-21)16-7-6-14(10-18(16)32)22(23,24)25/h2,5-8,10,13,15,31-32H,3-4,9,11-12H2,1H3,(H,27,29)/t13?,15-/m1/s1. The SMILES string of the molecule is CC(CO)N1CCC[C@@H](Nc2nnc(-c3ccc(C(F)(F)F)cc3O)c3cccnc23)C1. The van der Waals surface area contributed by atoms with E-state index < -0.39 is 17.5 Å². The van der Waals surface area contributed by atoms with Crippen molar-refractivity contribution in [1.29, 1.82) is 0 Å². The molecule has 0 amide bonds. The molecule has 0 bridgehead atoms. The molecule has 0 aliphatic carbocycles. The molecule has 170 valence electrons. The van der Waals surface area contributed by atoms with Gasteiger partial charge in [-0.3, -0.25) is 9.88 Å². The lowest BCUT2D eigenvalue weighted by molar-refractivity contribution is -0.137. The van der Waals surface area contributed by atoms with Crippen molar-refractivity contribution in [1.82, 2.24) is 20.1 Å². The van der Waals surface area contributed by atoms with Gasteiger partial charge in [0.15, 0.2) is 5.82 Å². The molecule has 4 rings (SSSR count). The number of likely N-dealkylation sites (tertiary alicyclic amines) is 1. The molecule has 0 saturated carbocycles. The maximum Gasteiger partial charge on any atom is 0.416 e. The summed E-state index contributed by atoms with van der Waals surface area (Å²) in [5.74, 6) is -0.0554. The molecule has 3 N–H and O–H groups in total. The second-order valence-electron chi connectivity index (χ2n) is 8.04. The van der Waals surface area contributed by atoms with Gasteiger partial charge in [0.25, 0.3) is 0 Å². The summed E-state index contributed by atoms with van der Waals surface area (Å²) in [4.78, 5) is 6.62. The Morgan fingerprint density at radius 2 is 2.06 bits per heavy atom. The van der Waals surface area contributed by atoms with Gasteiger partial charge in [0, 0.05) is 35.8 Å². The summed E-state index contributed by atoms with van der Waals surface area (Å²) in [5, 5.41) is 32.1. The highest BCUT2D eigenvalue weighted by molar-refractivity contribution is 5.98. The van der Waals surface area contributed by atoms with Crippen molar-refractivity contribution in [2.45, 2.75) is 38.0 Å². The number of rotatable bonds is 5. The first-order valence-electron chi connectivity index (χ1n) is 10.4.